The van der Waals surface area contributed by atoms with Gasteiger partial charge in [-0.25, -0.2) is 4.39 Å². The zero-order valence-corrected chi connectivity index (χ0v) is 10.6. The number of carbonyl (C=O) groups is 1. The molecule has 0 aliphatic heterocycles. The Morgan fingerprint density at radius 3 is 2.21 bits per heavy atom. The third-order valence-electron chi connectivity index (χ3n) is 2.59. The van der Waals surface area contributed by atoms with Crippen molar-refractivity contribution in [2.45, 2.75) is 10.1 Å². The van der Waals surface area contributed by atoms with E-state index in [-0.39, 0.29) is 4.90 Å². The van der Waals surface area contributed by atoms with Crippen LogP contribution < -0.4 is 0 Å². The molecular weight excluding hydrogens is 267 g/mol. The van der Waals surface area contributed by atoms with Crippen LogP contribution in [0.3, 0.4) is 0 Å². The first-order valence-corrected chi connectivity index (χ1v) is 6.75. The number of halogens is 1. The number of hydrogen-bond acceptors (Lipinski definition) is 2. The maximum Gasteiger partial charge on any atom is 0.324 e. The van der Waals surface area contributed by atoms with Crippen molar-refractivity contribution in [1.29, 1.82) is 0 Å². The summed E-state index contributed by atoms with van der Waals surface area (Å²) in [5.41, 5.74) is 0.386. The maximum atomic E-state index is 13.6. The molecule has 0 saturated heterocycles. The van der Waals surface area contributed by atoms with Crippen LogP contribution in [0.25, 0.3) is 0 Å². The van der Waals surface area contributed by atoms with Crippen LogP contribution in [0, 0.1) is 5.82 Å². The minimum Gasteiger partial charge on any atom is -0.480 e. The standard InChI is InChI=1S/C14H11FO3S/c15-11-8-4-5-9-12(11)19(18)13(14(16)17)10-6-2-1-3-7-10/h1-9,13H,(H,16,17). The smallest absolute Gasteiger partial charge is 0.324 e. The Labute approximate surface area is 112 Å². The minimum atomic E-state index is -1.99. The monoisotopic (exact) mass is 278 g/mol. The minimum absolute atomic E-state index is 0.0984. The summed E-state index contributed by atoms with van der Waals surface area (Å²) in [6, 6.07) is 13.7. The molecule has 0 spiro atoms. The molecule has 0 saturated carbocycles. The summed E-state index contributed by atoms with van der Waals surface area (Å²) in [5, 5.41) is 7.95. The molecule has 0 aliphatic carbocycles. The normalized spacial score (nSPS) is 13.7. The first kappa shape index (κ1) is 13.4. The van der Waals surface area contributed by atoms with Crippen molar-refractivity contribution in [1.82, 2.24) is 0 Å². The van der Waals surface area contributed by atoms with Gasteiger partial charge in [0, 0.05) is 0 Å². The van der Waals surface area contributed by atoms with Gasteiger partial charge in [0.05, 0.1) is 15.7 Å². The second-order valence-electron chi connectivity index (χ2n) is 3.86. The SMILES string of the molecule is O=C(O)C(c1ccccc1)S(=O)c1ccccc1F. The molecule has 0 bridgehead atoms. The van der Waals surface area contributed by atoms with Crippen molar-refractivity contribution in [3.05, 3.63) is 66.0 Å². The number of hydrogen-bond donors (Lipinski definition) is 1. The summed E-state index contributed by atoms with van der Waals surface area (Å²) in [6.45, 7) is 0. The second-order valence-corrected chi connectivity index (χ2v) is 5.36. The molecule has 0 amide bonds. The quantitative estimate of drug-likeness (QED) is 0.935. The molecule has 3 nitrogen and oxygen atoms in total. The lowest BCUT2D eigenvalue weighted by atomic mass is 10.1. The average Bonchev–Trinajstić information content (AvgIpc) is 2.40. The topological polar surface area (TPSA) is 54.4 Å². The molecule has 0 heterocycles. The molecule has 2 rings (SSSR count). The zero-order chi connectivity index (χ0) is 13.8. The lowest BCUT2D eigenvalue weighted by molar-refractivity contribution is -0.136. The fourth-order valence-corrected chi connectivity index (χ4v) is 3.03. The highest BCUT2D eigenvalue weighted by Gasteiger charge is 2.29. The van der Waals surface area contributed by atoms with Gasteiger partial charge in [-0.3, -0.25) is 9.00 Å². The van der Waals surface area contributed by atoms with Gasteiger partial charge in [-0.2, -0.15) is 0 Å². The van der Waals surface area contributed by atoms with Gasteiger partial charge in [0.15, 0.2) is 5.25 Å². The van der Waals surface area contributed by atoms with Gasteiger partial charge in [0.25, 0.3) is 0 Å². The molecule has 2 atom stereocenters. The number of carboxylic acids is 1. The molecule has 2 aromatic rings. The molecule has 2 unspecified atom stereocenters. The summed E-state index contributed by atoms with van der Waals surface area (Å²) in [4.78, 5) is 11.2. The third-order valence-corrected chi connectivity index (χ3v) is 4.26. The molecule has 0 radical (unpaired) electrons. The zero-order valence-electron chi connectivity index (χ0n) is 9.82. The number of carboxylic acid groups (broad SMARTS) is 1. The van der Waals surface area contributed by atoms with Crippen LogP contribution in [0.2, 0.25) is 0 Å². The van der Waals surface area contributed by atoms with Gasteiger partial charge < -0.3 is 5.11 Å². The van der Waals surface area contributed by atoms with Crippen molar-refractivity contribution < 1.29 is 18.5 Å². The molecule has 1 N–H and O–H groups in total. The highest BCUT2D eigenvalue weighted by atomic mass is 32.2. The van der Waals surface area contributed by atoms with Crippen LogP contribution in [0.15, 0.2) is 59.5 Å². The van der Waals surface area contributed by atoms with Gasteiger partial charge in [-0.15, -0.1) is 0 Å². The summed E-state index contributed by atoms with van der Waals surface area (Å²) >= 11 is 0. The number of rotatable bonds is 4. The first-order chi connectivity index (χ1) is 9.11. The van der Waals surface area contributed by atoms with Crippen LogP contribution in [0.4, 0.5) is 4.39 Å². The predicted molar refractivity (Wildman–Crippen MR) is 69.6 cm³/mol. The Hall–Kier alpha value is -2.01. The van der Waals surface area contributed by atoms with E-state index in [0.717, 1.165) is 6.07 Å². The first-order valence-electron chi connectivity index (χ1n) is 5.54. The van der Waals surface area contributed by atoms with Gasteiger partial charge >= 0.3 is 5.97 Å². The number of benzene rings is 2. The molecular formula is C14H11FO3S. The van der Waals surface area contributed by atoms with E-state index in [1.165, 1.54) is 18.2 Å². The van der Waals surface area contributed by atoms with Gasteiger partial charge in [-0.05, 0) is 17.7 Å². The Balaban J connectivity index is 2.44. The maximum absolute atomic E-state index is 13.6. The highest BCUT2D eigenvalue weighted by Crippen LogP contribution is 2.26. The molecule has 19 heavy (non-hydrogen) atoms. The van der Waals surface area contributed by atoms with Gasteiger partial charge in [-0.1, -0.05) is 42.5 Å². The van der Waals surface area contributed by atoms with E-state index < -0.39 is 27.8 Å². The van der Waals surface area contributed by atoms with E-state index in [1.807, 2.05) is 0 Å². The highest BCUT2D eigenvalue weighted by molar-refractivity contribution is 7.86. The Morgan fingerprint density at radius 1 is 1.05 bits per heavy atom. The van der Waals surface area contributed by atoms with E-state index >= 15 is 0 Å². The molecule has 0 fully saturated rings. The summed E-state index contributed by atoms with van der Waals surface area (Å²) in [5.74, 6) is -1.91. The molecule has 0 aliphatic rings. The van der Waals surface area contributed by atoms with E-state index in [9.17, 15) is 18.5 Å². The Bertz CT molecular complexity index is 613. The van der Waals surface area contributed by atoms with Crippen LogP contribution in [0.5, 0.6) is 0 Å². The fourth-order valence-electron chi connectivity index (χ4n) is 1.72. The lowest BCUT2D eigenvalue weighted by Gasteiger charge is -2.13. The molecule has 5 heteroatoms. The number of aliphatic carboxylic acids is 1. The van der Waals surface area contributed by atoms with Crippen molar-refractivity contribution in [3.8, 4) is 0 Å². The van der Waals surface area contributed by atoms with Crippen LogP contribution in [-0.2, 0) is 15.6 Å². The summed E-state index contributed by atoms with van der Waals surface area (Å²) < 4.78 is 25.9. The molecule has 2 aromatic carbocycles. The summed E-state index contributed by atoms with van der Waals surface area (Å²) in [6.07, 6.45) is 0. The lowest BCUT2D eigenvalue weighted by Crippen LogP contribution is -2.18. The van der Waals surface area contributed by atoms with Crippen molar-refractivity contribution in [3.63, 3.8) is 0 Å². The van der Waals surface area contributed by atoms with Crippen molar-refractivity contribution in [2.75, 3.05) is 0 Å². The second kappa shape index (κ2) is 5.75. The fraction of sp³-hybridized carbons (Fsp3) is 0.0714. The Kier molecular flexibility index (Phi) is 4.06. The summed E-state index contributed by atoms with van der Waals surface area (Å²) in [7, 11) is -1.99. The van der Waals surface area contributed by atoms with E-state index in [1.54, 1.807) is 30.3 Å². The van der Waals surface area contributed by atoms with E-state index in [4.69, 9.17) is 0 Å². The van der Waals surface area contributed by atoms with E-state index in [2.05, 4.69) is 0 Å². The average molecular weight is 278 g/mol. The predicted octanol–water partition coefficient (Wildman–Crippen LogP) is 2.76. The van der Waals surface area contributed by atoms with Crippen LogP contribution in [0.1, 0.15) is 10.8 Å². The molecule has 0 aromatic heterocycles. The van der Waals surface area contributed by atoms with Crippen molar-refractivity contribution in [2.24, 2.45) is 0 Å². The van der Waals surface area contributed by atoms with Gasteiger partial charge in [0.1, 0.15) is 5.82 Å². The van der Waals surface area contributed by atoms with Crippen LogP contribution in [-0.4, -0.2) is 15.3 Å². The van der Waals surface area contributed by atoms with Crippen LogP contribution >= 0.6 is 0 Å². The Morgan fingerprint density at radius 2 is 1.63 bits per heavy atom. The van der Waals surface area contributed by atoms with E-state index in [0.29, 0.717) is 5.56 Å². The van der Waals surface area contributed by atoms with Crippen molar-refractivity contribution >= 4 is 16.8 Å². The molecule has 98 valence electrons. The van der Waals surface area contributed by atoms with Gasteiger partial charge in [0.2, 0.25) is 0 Å². The third kappa shape index (κ3) is 2.88. The largest absolute Gasteiger partial charge is 0.480 e.